The molecule has 22 heavy (non-hydrogen) atoms. The number of amides is 1. The Labute approximate surface area is 129 Å². The normalized spacial score (nSPS) is 24.9. The van der Waals surface area contributed by atoms with Gasteiger partial charge in [-0.2, -0.15) is 0 Å². The molecule has 2 aliphatic rings. The van der Waals surface area contributed by atoms with Gasteiger partial charge in [0.15, 0.2) is 0 Å². The molecule has 0 heterocycles. The number of rotatable bonds is 5. The van der Waals surface area contributed by atoms with Crippen LogP contribution in [0.4, 0.5) is 4.79 Å². The second kappa shape index (κ2) is 5.63. The van der Waals surface area contributed by atoms with E-state index in [1.54, 1.807) is 0 Å². The zero-order chi connectivity index (χ0) is 15.6. The van der Waals surface area contributed by atoms with E-state index in [9.17, 15) is 14.7 Å². The van der Waals surface area contributed by atoms with Gasteiger partial charge in [-0.25, -0.2) is 4.79 Å². The van der Waals surface area contributed by atoms with Crippen LogP contribution in [0.1, 0.15) is 44.1 Å². The molecule has 2 fully saturated rings. The quantitative estimate of drug-likeness (QED) is 0.876. The van der Waals surface area contributed by atoms with Crippen LogP contribution in [0.3, 0.4) is 0 Å². The second-order valence-electron chi connectivity index (χ2n) is 6.47. The van der Waals surface area contributed by atoms with Crippen LogP contribution in [0.15, 0.2) is 30.3 Å². The summed E-state index contributed by atoms with van der Waals surface area (Å²) in [7, 11) is 0. The molecule has 5 nitrogen and oxygen atoms in total. The lowest BCUT2D eigenvalue weighted by Crippen LogP contribution is -2.53. The molecule has 2 N–H and O–H groups in total. The fourth-order valence-corrected chi connectivity index (χ4v) is 3.84. The number of nitrogens with one attached hydrogen (secondary N) is 1. The van der Waals surface area contributed by atoms with Crippen LogP contribution in [0, 0.1) is 5.41 Å². The summed E-state index contributed by atoms with van der Waals surface area (Å²) in [5.41, 5.74) is 0.265. The van der Waals surface area contributed by atoms with E-state index in [-0.39, 0.29) is 18.4 Å². The minimum Gasteiger partial charge on any atom is -0.481 e. The number of carboxylic acids is 1. The average molecular weight is 303 g/mol. The molecule has 2 saturated carbocycles. The van der Waals surface area contributed by atoms with Crippen LogP contribution in [-0.2, 0) is 16.1 Å². The van der Waals surface area contributed by atoms with Crippen molar-refractivity contribution in [3.63, 3.8) is 0 Å². The first kappa shape index (κ1) is 14.9. The maximum atomic E-state index is 12.1. The Hall–Kier alpha value is -2.04. The average Bonchev–Trinajstić information content (AvgIpc) is 3.19. The number of hydrogen-bond acceptors (Lipinski definition) is 3. The molecule has 1 atom stereocenters. The summed E-state index contributed by atoms with van der Waals surface area (Å²) in [6.07, 6.45) is 4.15. The number of benzene rings is 1. The van der Waals surface area contributed by atoms with Crippen molar-refractivity contribution in [2.75, 3.05) is 0 Å². The fourth-order valence-electron chi connectivity index (χ4n) is 3.84. The number of carbonyl (C=O) groups is 2. The van der Waals surface area contributed by atoms with Gasteiger partial charge >= 0.3 is 12.1 Å². The Balaban J connectivity index is 1.64. The summed E-state index contributed by atoms with van der Waals surface area (Å²) >= 11 is 0. The number of alkyl carbamates (subject to hydrolysis) is 1. The van der Waals surface area contributed by atoms with Crippen LogP contribution >= 0.6 is 0 Å². The Morgan fingerprint density at radius 1 is 1.14 bits per heavy atom. The smallest absolute Gasteiger partial charge is 0.407 e. The number of aliphatic carboxylic acids is 1. The summed E-state index contributed by atoms with van der Waals surface area (Å²) in [6.45, 7) is 0.197. The third-order valence-electron chi connectivity index (χ3n) is 5.13. The first-order valence-corrected chi connectivity index (χ1v) is 7.76. The van der Waals surface area contributed by atoms with Gasteiger partial charge in [-0.15, -0.1) is 0 Å². The molecule has 0 aliphatic heterocycles. The maximum Gasteiger partial charge on any atom is 0.407 e. The van der Waals surface area contributed by atoms with E-state index in [1.807, 2.05) is 30.3 Å². The highest BCUT2D eigenvalue weighted by atomic mass is 16.5. The van der Waals surface area contributed by atoms with E-state index in [1.165, 1.54) is 0 Å². The highest BCUT2D eigenvalue weighted by Crippen LogP contribution is 2.64. The number of carbonyl (C=O) groups excluding carboxylic acids is 1. The van der Waals surface area contributed by atoms with Gasteiger partial charge in [0.05, 0.1) is 12.0 Å². The predicted octanol–water partition coefficient (Wildman–Crippen LogP) is 3.09. The molecular weight excluding hydrogens is 282 g/mol. The van der Waals surface area contributed by atoms with Gasteiger partial charge in [0.1, 0.15) is 6.61 Å². The monoisotopic (exact) mass is 303 g/mol. The summed E-state index contributed by atoms with van der Waals surface area (Å²) in [6, 6.07) is 9.45. The number of ether oxygens (including phenoxy) is 1. The van der Waals surface area contributed by atoms with Crippen LogP contribution in [-0.4, -0.2) is 22.7 Å². The molecule has 1 amide bonds. The molecule has 0 radical (unpaired) electrons. The van der Waals surface area contributed by atoms with Gasteiger partial charge in [-0.3, -0.25) is 4.79 Å². The highest BCUT2D eigenvalue weighted by Gasteiger charge is 2.63. The summed E-state index contributed by atoms with van der Waals surface area (Å²) in [4.78, 5) is 23.4. The molecule has 3 rings (SSSR count). The van der Waals surface area contributed by atoms with Crippen molar-refractivity contribution < 1.29 is 19.4 Å². The van der Waals surface area contributed by atoms with Crippen LogP contribution in [0.5, 0.6) is 0 Å². The Kier molecular flexibility index (Phi) is 3.81. The van der Waals surface area contributed by atoms with E-state index in [4.69, 9.17) is 4.74 Å². The zero-order valence-electron chi connectivity index (χ0n) is 12.5. The molecule has 1 aromatic carbocycles. The molecule has 0 bridgehead atoms. The molecule has 1 unspecified atom stereocenters. The van der Waals surface area contributed by atoms with Crippen molar-refractivity contribution in [2.45, 2.75) is 50.7 Å². The lowest BCUT2D eigenvalue weighted by molar-refractivity contribution is -0.139. The lowest BCUT2D eigenvalue weighted by Gasteiger charge is -2.35. The third kappa shape index (κ3) is 2.80. The molecule has 1 spiro atoms. The van der Waals surface area contributed by atoms with Crippen LogP contribution < -0.4 is 5.32 Å². The Morgan fingerprint density at radius 3 is 2.50 bits per heavy atom. The first-order chi connectivity index (χ1) is 10.6. The van der Waals surface area contributed by atoms with Crippen molar-refractivity contribution in [2.24, 2.45) is 5.41 Å². The third-order valence-corrected chi connectivity index (χ3v) is 5.13. The molecule has 118 valence electrons. The van der Waals surface area contributed by atoms with Gasteiger partial charge in [0.25, 0.3) is 0 Å². The SMILES string of the molecule is O=C(O)CC1(NC(=O)OCc2ccccc2)CCCC12CC2. The van der Waals surface area contributed by atoms with Crippen LogP contribution in [0.2, 0.25) is 0 Å². The van der Waals surface area contributed by atoms with Gasteiger partial charge in [0, 0.05) is 0 Å². The molecule has 1 aromatic rings. The lowest BCUT2D eigenvalue weighted by atomic mass is 9.81. The standard InChI is InChI=1S/C17H21NO4/c19-14(20)11-17(8-4-7-16(17)9-10-16)18-15(21)22-12-13-5-2-1-3-6-13/h1-3,5-6H,4,7-12H2,(H,18,21)(H,19,20). The molecule has 0 saturated heterocycles. The largest absolute Gasteiger partial charge is 0.481 e. The minimum absolute atomic E-state index is 0.0167. The van der Waals surface area contributed by atoms with Gasteiger partial charge < -0.3 is 15.2 Å². The first-order valence-electron chi connectivity index (χ1n) is 7.76. The predicted molar refractivity (Wildman–Crippen MR) is 80.3 cm³/mol. The molecule has 2 aliphatic carbocycles. The Morgan fingerprint density at radius 2 is 1.86 bits per heavy atom. The Bertz CT molecular complexity index is 567. The molecule has 5 heteroatoms. The molecule has 0 aromatic heterocycles. The maximum absolute atomic E-state index is 12.1. The topological polar surface area (TPSA) is 75.6 Å². The van der Waals surface area contributed by atoms with E-state index < -0.39 is 17.6 Å². The highest BCUT2D eigenvalue weighted by molar-refractivity contribution is 5.73. The van der Waals surface area contributed by atoms with E-state index >= 15 is 0 Å². The number of carboxylic acid groups (broad SMARTS) is 1. The fraction of sp³-hybridized carbons (Fsp3) is 0.529. The van der Waals surface area contributed by atoms with Crippen molar-refractivity contribution in [1.29, 1.82) is 0 Å². The van der Waals surface area contributed by atoms with Crippen molar-refractivity contribution >= 4 is 12.1 Å². The van der Waals surface area contributed by atoms with Gasteiger partial charge in [0.2, 0.25) is 0 Å². The van der Waals surface area contributed by atoms with Crippen molar-refractivity contribution in [3.8, 4) is 0 Å². The second-order valence-corrected chi connectivity index (χ2v) is 6.47. The molecular formula is C17H21NO4. The summed E-state index contributed by atoms with van der Waals surface area (Å²) < 4.78 is 5.27. The van der Waals surface area contributed by atoms with Gasteiger partial charge in [-0.1, -0.05) is 36.8 Å². The zero-order valence-corrected chi connectivity index (χ0v) is 12.5. The van der Waals surface area contributed by atoms with E-state index in [0.717, 1.165) is 37.7 Å². The van der Waals surface area contributed by atoms with Gasteiger partial charge in [-0.05, 0) is 36.7 Å². The van der Waals surface area contributed by atoms with Crippen molar-refractivity contribution in [1.82, 2.24) is 5.32 Å². The van der Waals surface area contributed by atoms with Crippen molar-refractivity contribution in [3.05, 3.63) is 35.9 Å². The van der Waals surface area contributed by atoms with Crippen LogP contribution in [0.25, 0.3) is 0 Å². The summed E-state index contributed by atoms with van der Waals surface area (Å²) in [5, 5.41) is 12.1. The number of hydrogen-bond donors (Lipinski definition) is 2. The minimum atomic E-state index is -0.864. The van der Waals surface area contributed by atoms with E-state index in [0.29, 0.717) is 0 Å². The summed E-state index contributed by atoms with van der Waals surface area (Å²) in [5.74, 6) is -0.864. The van der Waals surface area contributed by atoms with E-state index in [2.05, 4.69) is 5.32 Å².